The van der Waals surface area contributed by atoms with E-state index in [1.54, 1.807) is 6.92 Å². The fourth-order valence-electron chi connectivity index (χ4n) is 2.13. The molecule has 0 saturated carbocycles. The van der Waals surface area contributed by atoms with Crippen LogP contribution in [0.25, 0.3) is 0 Å². The quantitative estimate of drug-likeness (QED) is 0.806. The number of rotatable bonds is 2. The van der Waals surface area contributed by atoms with E-state index in [1.807, 2.05) is 0 Å². The summed E-state index contributed by atoms with van der Waals surface area (Å²) in [6.07, 6.45) is -0.165. The lowest BCUT2D eigenvalue weighted by Crippen LogP contribution is -2.22. The number of benzene rings is 1. The van der Waals surface area contributed by atoms with Crippen molar-refractivity contribution in [3.05, 3.63) is 23.8 Å². The molecule has 5 heteroatoms. The third-order valence-corrected chi connectivity index (χ3v) is 5.12. The summed E-state index contributed by atoms with van der Waals surface area (Å²) in [4.78, 5) is 0.207. The number of aromatic hydroxyl groups is 1. The van der Waals surface area contributed by atoms with Crippen molar-refractivity contribution in [3.63, 3.8) is 0 Å². The monoisotopic (exact) mass is 242 g/mol. The minimum absolute atomic E-state index is 0.0224. The van der Waals surface area contributed by atoms with Gasteiger partial charge in [0.15, 0.2) is 9.84 Å². The van der Waals surface area contributed by atoms with Crippen molar-refractivity contribution >= 4 is 9.84 Å². The Hall–Kier alpha value is -1.07. The van der Waals surface area contributed by atoms with E-state index in [1.165, 1.54) is 18.2 Å². The van der Waals surface area contributed by atoms with Gasteiger partial charge in [0.25, 0.3) is 0 Å². The van der Waals surface area contributed by atoms with Gasteiger partial charge in [-0.15, -0.1) is 0 Å². The number of hydrogen-bond acceptors (Lipinski definition) is 4. The Morgan fingerprint density at radius 1 is 1.50 bits per heavy atom. The second-order valence-corrected chi connectivity index (χ2v) is 6.41. The zero-order chi connectivity index (χ0) is 11.9. The van der Waals surface area contributed by atoms with Gasteiger partial charge in [0.1, 0.15) is 5.75 Å². The van der Waals surface area contributed by atoms with Crippen LogP contribution >= 0.6 is 0 Å². The molecule has 2 unspecified atom stereocenters. The predicted molar refractivity (Wildman–Crippen MR) is 59.1 cm³/mol. The standard InChI is InChI=1S/C11H14O4S/c1-7(12)5-8-6-9-10(13)3-2-4-11(9)16(8,14)15/h2-4,7-8,12-13H,5-6H2,1H3. The van der Waals surface area contributed by atoms with Crippen molar-refractivity contribution < 1.29 is 18.6 Å². The van der Waals surface area contributed by atoms with Gasteiger partial charge in [0, 0.05) is 5.56 Å². The fraction of sp³-hybridized carbons (Fsp3) is 0.455. The smallest absolute Gasteiger partial charge is 0.182 e. The van der Waals surface area contributed by atoms with Gasteiger partial charge in [-0.05, 0) is 31.9 Å². The molecule has 0 saturated heterocycles. The van der Waals surface area contributed by atoms with E-state index in [-0.39, 0.29) is 23.5 Å². The van der Waals surface area contributed by atoms with E-state index in [2.05, 4.69) is 0 Å². The van der Waals surface area contributed by atoms with Crippen LogP contribution in [0.2, 0.25) is 0 Å². The number of sulfone groups is 1. The van der Waals surface area contributed by atoms with Crippen molar-refractivity contribution in [3.8, 4) is 5.75 Å². The van der Waals surface area contributed by atoms with Gasteiger partial charge in [-0.25, -0.2) is 8.42 Å². The van der Waals surface area contributed by atoms with Crippen molar-refractivity contribution in [1.29, 1.82) is 0 Å². The van der Waals surface area contributed by atoms with E-state index in [0.717, 1.165) is 0 Å². The normalized spacial score (nSPS) is 24.0. The maximum Gasteiger partial charge on any atom is 0.182 e. The summed E-state index contributed by atoms with van der Waals surface area (Å²) in [7, 11) is -3.38. The lowest BCUT2D eigenvalue weighted by molar-refractivity contribution is 0.183. The van der Waals surface area contributed by atoms with Crippen LogP contribution in [0.15, 0.2) is 23.1 Å². The molecule has 1 aliphatic rings. The second kappa shape index (κ2) is 3.75. The van der Waals surface area contributed by atoms with Gasteiger partial charge in [0.2, 0.25) is 0 Å². The summed E-state index contributed by atoms with van der Waals surface area (Å²) in [6.45, 7) is 1.57. The lowest BCUT2D eigenvalue weighted by atomic mass is 10.1. The van der Waals surface area contributed by atoms with Crippen LogP contribution < -0.4 is 0 Å². The molecule has 1 aromatic carbocycles. The maximum atomic E-state index is 12.0. The first-order valence-corrected chi connectivity index (χ1v) is 6.70. The van der Waals surface area contributed by atoms with Crippen molar-refractivity contribution in [2.75, 3.05) is 0 Å². The molecule has 2 N–H and O–H groups in total. The molecule has 16 heavy (non-hydrogen) atoms. The van der Waals surface area contributed by atoms with Gasteiger partial charge in [-0.3, -0.25) is 0 Å². The van der Waals surface area contributed by atoms with E-state index in [4.69, 9.17) is 0 Å². The Balaban J connectivity index is 2.46. The van der Waals surface area contributed by atoms with Gasteiger partial charge in [-0.2, -0.15) is 0 Å². The predicted octanol–water partition coefficient (Wildman–Crippen LogP) is 0.861. The van der Waals surface area contributed by atoms with Gasteiger partial charge >= 0.3 is 0 Å². The zero-order valence-corrected chi connectivity index (χ0v) is 9.74. The Morgan fingerprint density at radius 3 is 2.75 bits per heavy atom. The van der Waals surface area contributed by atoms with Crippen LogP contribution in [-0.4, -0.2) is 30.0 Å². The van der Waals surface area contributed by atoms with Crippen LogP contribution in [0.4, 0.5) is 0 Å². The molecule has 0 radical (unpaired) electrons. The molecule has 0 fully saturated rings. The van der Waals surface area contributed by atoms with Crippen molar-refractivity contribution in [2.24, 2.45) is 0 Å². The molecule has 1 aromatic rings. The molecule has 0 spiro atoms. The molecule has 0 amide bonds. The molecule has 1 heterocycles. The Morgan fingerprint density at radius 2 is 2.19 bits per heavy atom. The first-order valence-electron chi connectivity index (χ1n) is 5.15. The molecule has 88 valence electrons. The van der Waals surface area contributed by atoms with Gasteiger partial charge in [-0.1, -0.05) is 6.07 Å². The number of aliphatic hydroxyl groups is 1. The largest absolute Gasteiger partial charge is 0.508 e. The summed E-state index contributed by atoms with van der Waals surface area (Å²) in [5.74, 6) is 0.0224. The zero-order valence-electron chi connectivity index (χ0n) is 8.92. The van der Waals surface area contributed by atoms with E-state index < -0.39 is 21.2 Å². The molecular formula is C11H14O4S. The molecule has 4 nitrogen and oxygen atoms in total. The Kier molecular flexibility index (Phi) is 2.67. The summed E-state index contributed by atoms with van der Waals surface area (Å²) in [6, 6.07) is 4.52. The van der Waals surface area contributed by atoms with Crippen LogP contribution in [0.1, 0.15) is 18.9 Å². The van der Waals surface area contributed by atoms with E-state index in [9.17, 15) is 18.6 Å². The summed E-state index contributed by atoms with van der Waals surface area (Å²) >= 11 is 0. The summed E-state index contributed by atoms with van der Waals surface area (Å²) in [5.41, 5.74) is 0.480. The van der Waals surface area contributed by atoms with Gasteiger partial charge in [0.05, 0.1) is 16.2 Å². The first kappa shape index (κ1) is 11.4. The van der Waals surface area contributed by atoms with Crippen LogP contribution in [0.3, 0.4) is 0 Å². The Bertz CT molecular complexity index is 505. The molecule has 0 aromatic heterocycles. The molecule has 2 rings (SSSR count). The number of hydrogen-bond donors (Lipinski definition) is 2. The molecule has 0 aliphatic carbocycles. The number of fused-ring (bicyclic) bond motifs is 1. The summed E-state index contributed by atoms with van der Waals surface area (Å²) in [5, 5.41) is 18.2. The molecular weight excluding hydrogens is 228 g/mol. The van der Waals surface area contributed by atoms with E-state index >= 15 is 0 Å². The van der Waals surface area contributed by atoms with Crippen molar-refractivity contribution in [1.82, 2.24) is 0 Å². The molecule has 1 aliphatic heterocycles. The summed E-state index contributed by atoms with van der Waals surface area (Å²) < 4.78 is 24.1. The van der Waals surface area contributed by atoms with E-state index in [0.29, 0.717) is 5.56 Å². The number of phenolic OH excluding ortho intramolecular Hbond substituents is 1. The van der Waals surface area contributed by atoms with Crippen LogP contribution in [-0.2, 0) is 16.3 Å². The second-order valence-electron chi connectivity index (χ2n) is 4.21. The lowest BCUT2D eigenvalue weighted by Gasteiger charge is -2.10. The van der Waals surface area contributed by atoms with Crippen LogP contribution in [0, 0.1) is 0 Å². The number of aliphatic hydroxyl groups excluding tert-OH is 1. The third kappa shape index (κ3) is 1.70. The topological polar surface area (TPSA) is 74.6 Å². The van der Waals surface area contributed by atoms with Crippen molar-refractivity contribution in [2.45, 2.75) is 36.0 Å². The van der Waals surface area contributed by atoms with Crippen LogP contribution in [0.5, 0.6) is 5.75 Å². The Labute approximate surface area is 94.5 Å². The highest BCUT2D eigenvalue weighted by Gasteiger charge is 2.38. The van der Waals surface area contributed by atoms with Gasteiger partial charge < -0.3 is 10.2 Å². The minimum atomic E-state index is -3.38. The number of phenols is 1. The molecule has 2 atom stereocenters. The highest BCUT2D eigenvalue weighted by molar-refractivity contribution is 7.92. The average Bonchev–Trinajstić information content (AvgIpc) is 2.41. The minimum Gasteiger partial charge on any atom is -0.508 e. The highest BCUT2D eigenvalue weighted by Crippen LogP contribution is 2.37. The fourth-order valence-corrected chi connectivity index (χ4v) is 4.21. The SMILES string of the molecule is CC(O)CC1Cc2c(O)cccc2S1(=O)=O. The maximum absolute atomic E-state index is 12.0. The third-order valence-electron chi connectivity index (χ3n) is 2.89. The highest BCUT2D eigenvalue weighted by atomic mass is 32.2. The molecule has 0 bridgehead atoms. The first-order chi connectivity index (χ1) is 7.43. The average molecular weight is 242 g/mol.